The number of aryl methyl sites for hydroxylation is 7. The zero-order valence-corrected chi connectivity index (χ0v) is 46.9. The van der Waals surface area contributed by atoms with E-state index in [9.17, 15) is 31.9 Å². The van der Waals surface area contributed by atoms with Crippen molar-refractivity contribution in [3.05, 3.63) is 282 Å². The van der Waals surface area contributed by atoms with E-state index in [2.05, 4.69) is 69.1 Å². The molecule has 0 bridgehead atoms. The van der Waals surface area contributed by atoms with E-state index in [0.717, 1.165) is 40.9 Å². The number of hydrogen-bond donors (Lipinski definition) is 3. The van der Waals surface area contributed by atoms with Crippen molar-refractivity contribution in [3.63, 3.8) is 0 Å². The van der Waals surface area contributed by atoms with Crippen LogP contribution in [0.4, 0.5) is 17.6 Å². The zero-order valence-electron chi connectivity index (χ0n) is 44.6. The molecule has 9 aromatic heterocycles. The highest BCUT2D eigenvalue weighted by Crippen LogP contribution is 2.33. The third-order valence-corrected chi connectivity index (χ3v) is 14.6. The summed E-state index contributed by atoms with van der Waals surface area (Å²) in [6.45, 7) is 2.04. The van der Waals surface area contributed by atoms with E-state index in [1.807, 2.05) is 55.5 Å². The number of aromatic nitrogens is 9. The lowest BCUT2D eigenvalue weighted by atomic mass is 10.00. The maximum atomic E-state index is 14.5. The molecule has 12 rings (SSSR count). The van der Waals surface area contributed by atoms with Gasteiger partial charge in [-0.3, -0.25) is 14.4 Å². The summed E-state index contributed by atoms with van der Waals surface area (Å²) >= 11 is 18.1. The largest absolute Gasteiger partial charge is 0.434 e. The number of halogens is 7. The van der Waals surface area contributed by atoms with E-state index in [-0.39, 0.29) is 35.2 Å². The van der Waals surface area contributed by atoms with Crippen LogP contribution in [-0.4, -0.2) is 62.2 Å². The molecule has 12 aromatic rings. The van der Waals surface area contributed by atoms with Gasteiger partial charge in [-0.05, 0) is 159 Å². The Morgan fingerprint density at radius 1 is 0.435 bits per heavy atom. The van der Waals surface area contributed by atoms with Crippen LogP contribution in [0.2, 0.25) is 15.2 Å². The van der Waals surface area contributed by atoms with Gasteiger partial charge in [0, 0.05) is 97.2 Å². The lowest BCUT2D eigenvalue weighted by Gasteiger charge is -2.13. The smallest absolute Gasteiger partial charge is 0.345 e. The standard InChI is InChI=1S/C22H15ClF3N3O.C22H18FN3O.C21H15Cl2N3O.CH4/c23-14-6-3-13(4-7-14)5-8-15-9-10-17(20(29-15)22(24,25)26)19(30)18-12-28-21-16(18)2-1-11-27-21;1-14-4-6-15(7-5-14)8-9-16-10-11-18(21(23)26-16)20(27)19-13-25-22-17(19)3-2-12-24-22;22-14-6-3-13(4-7-14)5-8-15-9-10-17(20(23)26-15)19(27)18-12-25-21-16(18)2-1-11-24-21;/h1-4,6-7,9-12H,5,8H2,(H,27,28);2-7,10-13H,8-9H2,1H3,(H,24,25);1-4,6-7,9-12H,5,8H2,(H,24,25);1H4. The van der Waals surface area contributed by atoms with Gasteiger partial charge in [-0.25, -0.2) is 29.9 Å². The highest BCUT2D eigenvalue weighted by molar-refractivity contribution is 6.34. The molecule has 19 heteroatoms. The van der Waals surface area contributed by atoms with Gasteiger partial charge in [0.2, 0.25) is 5.95 Å². The van der Waals surface area contributed by atoms with Gasteiger partial charge < -0.3 is 15.0 Å². The SMILES string of the molecule is C.Cc1ccc(CCc2ccc(C(=O)c3c[nH]c4ncccc34)c(F)n2)cc1.O=C(c1ccc(CCc2ccc(Cl)cc2)nc1C(F)(F)F)c1c[nH]c2ncccc12.O=C(c1ccc(CCc2ccc(Cl)cc2)nc1Cl)c1c[nH]c2ncccc12. The molecule has 0 fully saturated rings. The monoisotopic (exact) mass is 1200 g/mol. The molecular formula is C66H52Cl3F4N9O3. The molecular weight excluding hydrogens is 1150 g/mol. The average molecular weight is 1200 g/mol. The molecule has 0 aliphatic heterocycles. The number of fused-ring (bicyclic) bond motifs is 3. The maximum absolute atomic E-state index is 14.5. The lowest BCUT2D eigenvalue weighted by molar-refractivity contribution is -0.141. The van der Waals surface area contributed by atoms with Gasteiger partial charge in [-0.1, -0.05) is 96.3 Å². The van der Waals surface area contributed by atoms with E-state index in [1.54, 1.807) is 79.4 Å². The highest BCUT2D eigenvalue weighted by atomic mass is 35.5. The number of aromatic amines is 3. The lowest BCUT2D eigenvalue weighted by Crippen LogP contribution is -2.17. The molecule has 428 valence electrons. The Kier molecular flexibility index (Phi) is 19.2. The van der Waals surface area contributed by atoms with Crippen molar-refractivity contribution in [1.29, 1.82) is 0 Å². The van der Waals surface area contributed by atoms with Crippen molar-refractivity contribution in [2.24, 2.45) is 0 Å². The molecule has 0 aliphatic carbocycles. The Morgan fingerprint density at radius 3 is 1.21 bits per heavy atom. The molecule has 12 nitrogen and oxygen atoms in total. The fourth-order valence-corrected chi connectivity index (χ4v) is 9.85. The van der Waals surface area contributed by atoms with Gasteiger partial charge >= 0.3 is 6.18 Å². The Labute approximate surface area is 500 Å². The van der Waals surface area contributed by atoms with Gasteiger partial charge in [-0.15, -0.1) is 0 Å². The summed E-state index contributed by atoms with van der Waals surface area (Å²) in [5.41, 5.74) is 7.67. The number of ketones is 3. The Balaban J connectivity index is 0.000000152. The van der Waals surface area contributed by atoms with E-state index >= 15 is 0 Å². The van der Waals surface area contributed by atoms with Crippen LogP contribution in [0.15, 0.2) is 183 Å². The predicted molar refractivity (Wildman–Crippen MR) is 324 cm³/mol. The number of nitrogens with one attached hydrogen (secondary N) is 3. The number of nitrogens with zero attached hydrogens (tertiary/aromatic N) is 6. The van der Waals surface area contributed by atoms with Crippen LogP contribution in [0.5, 0.6) is 0 Å². The molecule has 0 saturated carbocycles. The summed E-state index contributed by atoms with van der Waals surface area (Å²) in [6, 6.07) is 43.0. The van der Waals surface area contributed by atoms with E-state index < -0.39 is 34.9 Å². The summed E-state index contributed by atoms with van der Waals surface area (Å²) in [5, 5.41) is 3.42. The number of hydrogen-bond acceptors (Lipinski definition) is 9. The first-order chi connectivity index (χ1) is 40.6. The van der Waals surface area contributed by atoms with Crippen molar-refractivity contribution in [1.82, 2.24) is 44.9 Å². The molecule has 0 amide bonds. The summed E-state index contributed by atoms with van der Waals surface area (Å²) < 4.78 is 55.6. The summed E-state index contributed by atoms with van der Waals surface area (Å²) in [6.07, 6.45) is 8.42. The second-order valence-electron chi connectivity index (χ2n) is 19.5. The highest BCUT2D eigenvalue weighted by Gasteiger charge is 2.38. The van der Waals surface area contributed by atoms with Crippen LogP contribution in [-0.2, 0) is 44.7 Å². The molecule has 0 spiro atoms. The van der Waals surface area contributed by atoms with Crippen LogP contribution in [0.3, 0.4) is 0 Å². The maximum Gasteiger partial charge on any atom is 0.434 e. The summed E-state index contributed by atoms with van der Waals surface area (Å²) in [5.74, 6) is -2.06. The van der Waals surface area contributed by atoms with Gasteiger partial charge in [0.1, 0.15) is 22.1 Å². The molecule has 3 aromatic carbocycles. The van der Waals surface area contributed by atoms with Crippen LogP contribution in [0.1, 0.15) is 100 Å². The second kappa shape index (κ2) is 27.0. The van der Waals surface area contributed by atoms with E-state index in [1.165, 1.54) is 47.3 Å². The minimum atomic E-state index is -4.76. The number of carbonyl (C=O) groups is 3. The third-order valence-electron chi connectivity index (χ3n) is 13.8. The quantitative estimate of drug-likeness (QED) is 0.0512. The second-order valence-corrected chi connectivity index (χ2v) is 20.7. The number of pyridine rings is 6. The van der Waals surface area contributed by atoms with Gasteiger partial charge in [0.25, 0.3) is 0 Å². The van der Waals surface area contributed by atoms with Crippen molar-refractivity contribution >= 4 is 85.3 Å². The van der Waals surface area contributed by atoms with Crippen LogP contribution in [0, 0.1) is 12.9 Å². The fraction of sp³-hybridized carbons (Fsp3) is 0.136. The summed E-state index contributed by atoms with van der Waals surface area (Å²) in [7, 11) is 0. The topological polar surface area (TPSA) is 176 Å². The van der Waals surface area contributed by atoms with Crippen molar-refractivity contribution < 1.29 is 31.9 Å². The van der Waals surface area contributed by atoms with Gasteiger partial charge in [0.05, 0.1) is 16.7 Å². The van der Waals surface area contributed by atoms with Crippen LogP contribution in [0.25, 0.3) is 33.1 Å². The number of carbonyl (C=O) groups excluding carboxylic acids is 3. The third kappa shape index (κ3) is 14.6. The molecule has 0 atom stereocenters. The van der Waals surface area contributed by atoms with Gasteiger partial charge in [0.15, 0.2) is 23.0 Å². The number of alkyl halides is 3. The Bertz CT molecular complexity index is 4160. The Morgan fingerprint density at radius 2 is 0.800 bits per heavy atom. The number of benzene rings is 3. The Hall–Kier alpha value is -9.22. The molecule has 3 N–H and O–H groups in total. The molecule has 85 heavy (non-hydrogen) atoms. The van der Waals surface area contributed by atoms with Gasteiger partial charge in [-0.2, -0.15) is 17.6 Å². The normalized spacial score (nSPS) is 11.2. The number of H-pyrrole nitrogens is 3. The molecule has 0 radical (unpaired) electrons. The van der Waals surface area contributed by atoms with E-state index in [4.69, 9.17) is 34.8 Å². The predicted octanol–water partition coefficient (Wildman–Crippen LogP) is 16.0. The summed E-state index contributed by atoms with van der Waals surface area (Å²) in [4.78, 5) is 71.9. The molecule has 0 aliphatic rings. The number of rotatable bonds is 15. The molecule has 9 heterocycles. The van der Waals surface area contributed by atoms with Crippen molar-refractivity contribution in [2.75, 3.05) is 0 Å². The minimum absolute atomic E-state index is 0. The van der Waals surface area contributed by atoms with Crippen molar-refractivity contribution in [2.45, 2.75) is 59.1 Å². The van der Waals surface area contributed by atoms with Crippen molar-refractivity contribution in [3.8, 4) is 0 Å². The zero-order chi connectivity index (χ0) is 58.9. The first kappa shape index (κ1) is 60.4. The molecule has 0 unspecified atom stereocenters. The van der Waals surface area contributed by atoms with Crippen LogP contribution < -0.4 is 0 Å². The molecule has 0 saturated heterocycles. The first-order valence-corrected chi connectivity index (χ1v) is 27.5. The first-order valence-electron chi connectivity index (χ1n) is 26.4. The van der Waals surface area contributed by atoms with E-state index in [0.29, 0.717) is 74.4 Å². The van der Waals surface area contributed by atoms with Crippen LogP contribution >= 0.6 is 34.8 Å². The average Bonchev–Trinajstić information content (AvgIpc) is 3.68. The fourth-order valence-electron chi connectivity index (χ4n) is 9.34. The minimum Gasteiger partial charge on any atom is -0.345 e.